The predicted octanol–water partition coefficient (Wildman–Crippen LogP) is -4.11. The second-order valence-corrected chi connectivity index (χ2v) is 4.85. The fourth-order valence-corrected chi connectivity index (χ4v) is 2.26. The van der Waals surface area contributed by atoms with Crippen LogP contribution in [0, 0.1) is 0 Å². The zero-order valence-corrected chi connectivity index (χ0v) is 11.3. The fraction of sp³-hybridized carbons (Fsp3) is 0.400. The molecule has 1 fully saturated rings. The zero-order chi connectivity index (χ0) is 16.0. The molecule has 0 amide bonds. The van der Waals surface area contributed by atoms with Crippen molar-refractivity contribution in [2.75, 3.05) is 18.1 Å². The number of nitrogens with zero attached hydrogens (tertiary/aromatic N) is 2. The Hall–Kier alpha value is -2.11. The van der Waals surface area contributed by atoms with Crippen molar-refractivity contribution >= 4 is 29.5 Å². The van der Waals surface area contributed by atoms with Crippen molar-refractivity contribution in [2.45, 2.75) is 11.7 Å². The lowest BCUT2D eigenvalue weighted by Crippen LogP contribution is -2.42. The molecule has 21 heavy (non-hydrogen) atoms. The van der Waals surface area contributed by atoms with E-state index in [4.69, 9.17) is 35.4 Å². The molecule has 2 heterocycles. The molecule has 10 nitrogen and oxygen atoms in total. The predicted molar refractivity (Wildman–Crippen MR) is 66.4 cm³/mol. The number of aliphatic carboxylic acids is 2. The van der Waals surface area contributed by atoms with E-state index in [-0.39, 0.29) is 24.1 Å². The summed E-state index contributed by atoms with van der Waals surface area (Å²) in [6.45, 7) is -0.0572. The lowest BCUT2D eigenvalue weighted by molar-refractivity contribution is -0.345. The van der Waals surface area contributed by atoms with Crippen LogP contribution in [0.15, 0.2) is 17.1 Å². The maximum absolute atomic E-state index is 11.4. The van der Waals surface area contributed by atoms with Gasteiger partial charge in [-0.2, -0.15) is 4.98 Å². The number of hydrogen-bond donors (Lipinski definition) is 2. The highest BCUT2D eigenvalue weighted by molar-refractivity contribution is 8.00. The molecule has 0 spiro atoms. The van der Waals surface area contributed by atoms with Crippen LogP contribution in [0.2, 0.25) is 0 Å². The van der Waals surface area contributed by atoms with E-state index in [0.29, 0.717) is 5.75 Å². The Morgan fingerprint density at radius 2 is 2.14 bits per heavy atom. The smallest absolute Gasteiger partial charge is 0.351 e. The molecule has 116 valence electrons. The van der Waals surface area contributed by atoms with Gasteiger partial charge < -0.3 is 35.4 Å². The van der Waals surface area contributed by atoms with E-state index in [2.05, 4.69) is 4.98 Å². The van der Waals surface area contributed by atoms with E-state index in [1.165, 1.54) is 16.3 Å². The Bertz CT molecular complexity index is 564. The van der Waals surface area contributed by atoms with Crippen LogP contribution >= 0.6 is 11.8 Å². The number of nitrogens with two attached hydrogens (primary N) is 1. The number of thioether (sulfide) groups is 1. The summed E-state index contributed by atoms with van der Waals surface area (Å²) in [5, 5.41) is 26.7. The molecular weight excluding hydrogens is 306 g/mol. The maximum atomic E-state index is 11.4. The topological polar surface area (TPSA) is 171 Å². The standard InChI is InChI=1S/C8H11N3O3S.C2H2O4/c9-5-1-2-11(8(13)10-5)6-4-15-7(3-12)14-6;3-1(4)2(5)6/h1-2,6-7,12H,3-4H2,(H2,9,10,13);(H,3,4)(H,5,6)/p-2/t6-,7+;/m0./s1. The average molecular weight is 317 g/mol. The number of anilines is 1. The third kappa shape index (κ3) is 5.06. The molecule has 11 heteroatoms. The molecule has 0 saturated carbocycles. The van der Waals surface area contributed by atoms with Crippen molar-refractivity contribution < 1.29 is 29.6 Å². The van der Waals surface area contributed by atoms with Gasteiger partial charge in [0.2, 0.25) is 0 Å². The van der Waals surface area contributed by atoms with Gasteiger partial charge in [0.15, 0.2) is 0 Å². The van der Waals surface area contributed by atoms with Crippen molar-refractivity contribution in [1.82, 2.24) is 9.55 Å². The van der Waals surface area contributed by atoms with Crippen molar-refractivity contribution in [3.8, 4) is 0 Å². The highest BCUT2D eigenvalue weighted by atomic mass is 32.2. The van der Waals surface area contributed by atoms with E-state index >= 15 is 0 Å². The van der Waals surface area contributed by atoms with Crippen molar-refractivity contribution in [1.29, 1.82) is 0 Å². The lowest BCUT2D eigenvalue weighted by atomic mass is 10.5. The van der Waals surface area contributed by atoms with Crippen molar-refractivity contribution in [2.24, 2.45) is 0 Å². The highest BCUT2D eigenvalue weighted by Crippen LogP contribution is 2.30. The molecule has 1 aromatic heterocycles. The van der Waals surface area contributed by atoms with Gasteiger partial charge in [0.25, 0.3) is 0 Å². The van der Waals surface area contributed by atoms with Crippen molar-refractivity contribution in [3.05, 3.63) is 22.7 Å². The van der Waals surface area contributed by atoms with E-state index in [0.717, 1.165) is 0 Å². The molecule has 1 aliphatic rings. The Labute approximate surface area is 122 Å². The van der Waals surface area contributed by atoms with Crippen LogP contribution in [0.5, 0.6) is 0 Å². The zero-order valence-electron chi connectivity index (χ0n) is 10.5. The van der Waals surface area contributed by atoms with E-state index in [1.54, 1.807) is 12.3 Å². The van der Waals surface area contributed by atoms with E-state index < -0.39 is 17.6 Å². The number of ether oxygens (including phenoxy) is 1. The molecule has 0 aromatic carbocycles. The number of nitrogen functional groups attached to an aromatic ring is 1. The fourth-order valence-electron chi connectivity index (χ4n) is 1.33. The molecular formula is C10H11N3O7S-2. The molecule has 2 atom stereocenters. The third-order valence-corrected chi connectivity index (χ3v) is 3.32. The minimum absolute atomic E-state index is 0.0572. The normalized spacial score (nSPS) is 20.4. The van der Waals surface area contributed by atoms with Gasteiger partial charge in [0.05, 0.1) is 18.5 Å². The van der Waals surface area contributed by atoms with Crippen LogP contribution in [-0.4, -0.2) is 44.4 Å². The number of aliphatic hydroxyl groups excluding tert-OH is 1. The lowest BCUT2D eigenvalue weighted by Gasteiger charge is -2.13. The quantitative estimate of drug-likeness (QED) is 0.510. The Morgan fingerprint density at radius 1 is 1.52 bits per heavy atom. The molecule has 1 saturated heterocycles. The Balaban J connectivity index is 0.000000315. The second-order valence-electron chi connectivity index (χ2n) is 3.65. The Morgan fingerprint density at radius 3 is 2.57 bits per heavy atom. The van der Waals surface area contributed by atoms with Crippen LogP contribution in [0.1, 0.15) is 6.23 Å². The minimum atomic E-state index is -2.19. The monoisotopic (exact) mass is 317 g/mol. The van der Waals surface area contributed by atoms with Gasteiger partial charge in [-0.3, -0.25) is 4.57 Å². The largest absolute Gasteiger partial charge is 0.543 e. The molecule has 3 N–H and O–H groups in total. The summed E-state index contributed by atoms with van der Waals surface area (Å²) in [5.74, 6) is -3.55. The molecule has 0 radical (unpaired) electrons. The number of carbonyl (C=O) groups excluding carboxylic acids is 2. The average Bonchev–Trinajstić information content (AvgIpc) is 2.88. The van der Waals surface area contributed by atoms with Gasteiger partial charge in [-0.25, -0.2) is 4.79 Å². The first-order valence-electron chi connectivity index (χ1n) is 5.50. The van der Waals surface area contributed by atoms with E-state index in [9.17, 15) is 4.79 Å². The Kier molecular flexibility index (Phi) is 6.14. The molecule has 2 rings (SSSR count). The van der Waals surface area contributed by atoms with Crippen LogP contribution < -0.4 is 21.6 Å². The first kappa shape index (κ1) is 16.9. The maximum Gasteiger partial charge on any atom is 0.351 e. The first-order valence-corrected chi connectivity index (χ1v) is 6.55. The summed E-state index contributed by atoms with van der Waals surface area (Å²) in [6, 6.07) is 1.54. The number of aliphatic hydroxyl groups is 1. The van der Waals surface area contributed by atoms with Gasteiger partial charge in [-0.1, -0.05) is 0 Å². The summed E-state index contributed by atoms with van der Waals surface area (Å²) in [7, 11) is 0. The van der Waals surface area contributed by atoms with Gasteiger partial charge in [-0.05, 0) is 6.07 Å². The summed E-state index contributed by atoms with van der Waals surface area (Å²) in [5.41, 5.74) is 4.67. The number of carboxylic acid groups (broad SMARTS) is 2. The van der Waals surface area contributed by atoms with Crippen molar-refractivity contribution in [3.63, 3.8) is 0 Å². The molecule has 0 unspecified atom stereocenters. The second kappa shape index (κ2) is 7.61. The third-order valence-electron chi connectivity index (χ3n) is 2.21. The van der Waals surface area contributed by atoms with Crippen LogP contribution in [0.3, 0.4) is 0 Å². The number of carbonyl (C=O) groups is 2. The summed E-state index contributed by atoms with van der Waals surface area (Å²) in [4.78, 5) is 32.9. The van der Waals surface area contributed by atoms with Gasteiger partial charge in [0.1, 0.15) is 17.5 Å². The van der Waals surface area contributed by atoms with Gasteiger partial charge in [0, 0.05) is 11.9 Å². The summed E-state index contributed by atoms with van der Waals surface area (Å²) in [6.07, 6.45) is 1.18. The summed E-state index contributed by atoms with van der Waals surface area (Å²) >= 11 is 1.47. The van der Waals surface area contributed by atoms with Crippen LogP contribution in [0.25, 0.3) is 0 Å². The van der Waals surface area contributed by atoms with Gasteiger partial charge >= 0.3 is 5.69 Å². The van der Waals surface area contributed by atoms with E-state index in [1.807, 2.05) is 0 Å². The summed E-state index contributed by atoms with van der Waals surface area (Å²) < 4.78 is 6.79. The SMILES string of the molecule is Nc1ccn([C@@H]2CS[C@H](CO)O2)c(=O)n1.O=C([O-])C(=O)[O-]. The molecule has 0 aliphatic carbocycles. The minimum Gasteiger partial charge on any atom is -0.543 e. The molecule has 0 bridgehead atoms. The number of hydrogen-bond acceptors (Lipinski definition) is 10. The van der Waals surface area contributed by atoms with Crippen LogP contribution in [0.4, 0.5) is 5.82 Å². The number of aromatic nitrogens is 2. The first-order chi connectivity index (χ1) is 9.85. The number of carboxylic acids is 2. The van der Waals surface area contributed by atoms with Crippen LogP contribution in [-0.2, 0) is 14.3 Å². The molecule has 1 aliphatic heterocycles. The number of rotatable bonds is 2. The van der Waals surface area contributed by atoms with Gasteiger partial charge in [-0.15, -0.1) is 11.8 Å². The highest BCUT2D eigenvalue weighted by Gasteiger charge is 2.27. The molecule has 1 aromatic rings.